The third-order valence-electron chi connectivity index (χ3n) is 4.35. The molecule has 2 aliphatic rings. The monoisotopic (exact) mass is 262 g/mol. The first-order chi connectivity index (χ1) is 9.15. The second kappa shape index (κ2) is 4.77. The van der Waals surface area contributed by atoms with Crippen LogP contribution in [0.5, 0.6) is 0 Å². The maximum atomic E-state index is 11.1. The molecule has 1 aliphatic carbocycles. The number of nitro groups is 1. The van der Waals surface area contributed by atoms with E-state index in [-0.39, 0.29) is 10.6 Å². The Morgan fingerprint density at radius 2 is 2.16 bits per heavy atom. The molecule has 0 bridgehead atoms. The molecule has 6 heteroatoms. The lowest BCUT2D eigenvalue weighted by molar-refractivity contribution is -0.384. The molecular weight excluding hydrogens is 244 g/mol. The molecule has 1 saturated carbocycles. The summed E-state index contributed by atoms with van der Waals surface area (Å²) in [6, 6.07) is 3.43. The Kier molecular flexibility index (Phi) is 3.10. The molecule has 0 amide bonds. The normalized spacial score (nSPS) is 30.2. The predicted octanol–water partition coefficient (Wildman–Crippen LogP) is 1.55. The van der Waals surface area contributed by atoms with Gasteiger partial charge in [-0.05, 0) is 37.2 Å². The Morgan fingerprint density at radius 1 is 1.37 bits per heavy atom. The van der Waals surface area contributed by atoms with Crippen molar-refractivity contribution >= 4 is 11.5 Å². The van der Waals surface area contributed by atoms with Crippen molar-refractivity contribution in [2.24, 2.45) is 17.6 Å². The van der Waals surface area contributed by atoms with E-state index < -0.39 is 0 Å². The minimum Gasteiger partial charge on any atom is -0.350 e. The van der Waals surface area contributed by atoms with Gasteiger partial charge in [0.15, 0.2) is 0 Å². The van der Waals surface area contributed by atoms with Gasteiger partial charge in [-0.25, -0.2) is 4.98 Å². The van der Waals surface area contributed by atoms with Gasteiger partial charge >= 0.3 is 5.69 Å². The topological polar surface area (TPSA) is 85.3 Å². The summed E-state index contributed by atoms with van der Waals surface area (Å²) in [4.78, 5) is 17.0. The molecule has 102 valence electrons. The van der Waals surface area contributed by atoms with Gasteiger partial charge in [0.25, 0.3) is 0 Å². The maximum Gasteiger partial charge on any atom is 0.311 e. The van der Waals surface area contributed by atoms with Gasteiger partial charge < -0.3 is 10.6 Å². The Morgan fingerprint density at radius 3 is 2.95 bits per heavy atom. The molecule has 0 spiro atoms. The van der Waals surface area contributed by atoms with Gasteiger partial charge in [-0.3, -0.25) is 10.1 Å². The average molecular weight is 262 g/mol. The number of fused-ring (bicyclic) bond motifs is 1. The van der Waals surface area contributed by atoms with Crippen LogP contribution >= 0.6 is 0 Å². The first kappa shape index (κ1) is 12.3. The largest absolute Gasteiger partial charge is 0.350 e. The molecule has 19 heavy (non-hydrogen) atoms. The number of aromatic nitrogens is 1. The fourth-order valence-corrected chi connectivity index (χ4v) is 3.42. The predicted molar refractivity (Wildman–Crippen MR) is 71.9 cm³/mol. The molecule has 1 aromatic heterocycles. The Bertz CT molecular complexity index is 493. The summed E-state index contributed by atoms with van der Waals surface area (Å²) in [6.07, 6.45) is 4.85. The SMILES string of the molecule is NC1CC[C@@H]2CN(c3ncccc3[N+](=O)[O-])C[C@@H]2C1. The molecule has 1 aliphatic heterocycles. The Hall–Kier alpha value is -1.69. The number of pyridine rings is 1. The van der Waals surface area contributed by atoms with Crippen molar-refractivity contribution < 1.29 is 4.92 Å². The smallest absolute Gasteiger partial charge is 0.311 e. The van der Waals surface area contributed by atoms with Crippen LogP contribution in [0.1, 0.15) is 19.3 Å². The van der Waals surface area contributed by atoms with Crippen LogP contribution in [0.15, 0.2) is 18.3 Å². The number of nitrogens with two attached hydrogens (primary N) is 1. The highest BCUT2D eigenvalue weighted by Crippen LogP contribution is 2.39. The van der Waals surface area contributed by atoms with E-state index in [9.17, 15) is 10.1 Å². The van der Waals surface area contributed by atoms with Gasteiger partial charge in [0.2, 0.25) is 5.82 Å². The summed E-state index contributed by atoms with van der Waals surface area (Å²) in [7, 11) is 0. The van der Waals surface area contributed by atoms with Crippen molar-refractivity contribution in [2.75, 3.05) is 18.0 Å². The summed E-state index contributed by atoms with van der Waals surface area (Å²) in [5.41, 5.74) is 6.11. The summed E-state index contributed by atoms with van der Waals surface area (Å²) < 4.78 is 0. The van der Waals surface area contributed by atoms with E-state index in [0.717, 1.165) is 32.4 Å². The average Bonchev–Trinajstić information content (AvgIpc) is 2.81. The lowest BCUT2D eigenvalue weighted by Gasteiger charge is -2.27. The quantitative estimate of drug-likeness (QED) is 0.645. The van der Waals surface area contributed by atoms with Crippen molar-refractivity contribution in [3.63, 3.8) is 0 Å². The van der Waals surface area contributed by atoms with Crippen molar-refractivity contribution in [1.29, 1.82) is 0 Å². The first-order valence-electron chi connectivity index (χ1n) is 6.75. The van der Waals surface area contributed by atoms with E-state index in [4.69, 9.17) is 5.73 Å². The first-order valence-corrected chi connectivity index (χ1v) is 6.75. The molecule has 1 unspecified atom stereocenters. The van der Waals surface area contributed by atoms with E-state index in [1.807, 2.05) is 0 Å². The van der Waals surface area contributed by atoms with Gasteiger partial charge in [-0.15, -0.1) is 0 Å². The molecular formula is C13H18N4O2. The number of anilines is 1. The van der Waals surface area contributed by atoms with Gasteiger partial charge in [0.1, 0.15) is 0 Å². The summed E-state index contributed by atoms with van der Waals surface area (Å²) in [6.45, 7) is 1.71. The number of hydrogen-bond acceptors (Lipinski definition) is 5. The Balaban J connectivity index is 1.83. The molecule has 2 heterocycles. The van der Waals surface area contributed by atoms with Crippen molar-refractivity contribution in [2.45, 2.75) is 25.3 Å². The van der Waals surface area contributed by atoms with E-state index in [1.54, 1.807) is 12.3 Å². The lowest BCUT2D eigenvalue weighted by atomic mass is 9.79. The highest BCUT2D eigenvalue weighted by Gasteiger charge is 2.38. The van der Waals surface area contributed by atoms with Gasteiger partial charge in [0.05, 0.1) is 4.92 Å². The van der Waals surface area contributed by atoms with E-state index in [0.29, 0.717) is 23.7 Å². The fourth-order valence-electron chi connectivity index (χ4n) is 3.42. The van der Waals surface area contributed by atoms with Crippen LogP contribution < -0.4 is 10.6 Å². The molecule has 0 radical (unpaired) electrons. The highest BCUT2D eigenvalue weighted by atomic mass is 16.6. The molecule has 3 atom stereocenters. The second-order valence-electron chi connectivity index (χ2n) is 5.60. The van der Waals surface area contributed by atoms with Crippen LogP contribution in [0, 0.1) is 22.0 Å². The van der Waals surface area contributed by atoms with Crippen LogP contribution in [-0.4, -0.2) is 29.0 Å². The van der Waals surface area contributed by atoms with Crippen molar-refractivity contribution in [1.82, 2.24) is 4.98 Å². The van der Waals surface area contributed by atoms with Crippen LogP contribution in [0.2, 0.25) is 0 Å². The van der Waals surface area contributed by atoms with Gasteiger partial charge in [-0.2, -0.15) is 0 Å². The van der Waals surface area contributed by atoms with E-state index in [2.05, 4.69) is 9.88 Å². The minimum atomic E-state index is -0.351. The molecule has 2 N–H and O–H groups in total. The fraction of sp³-hybridized carbons (Fsp3) is 0.615. The third kappa shape index (κ3) is 2.28. The van der Waals surface area contributed by atoms with Crippen LogP contribution in [-0.2, 0) is 0 Å². The van der Waals surface area contributed by atoms with Gasteiger partial charge in [-0.1, -0.05) is 0 Å². The zero-order chi connectivity index (χ0) is 13.4. The standard InChI is InChI=1S/C13H18N4O2/c14-11-4-3-9-7-16(8-10(9)6-11)13-12(17(18)19)2-1-5-15-13/h1-2,5,9-11H,3-4,6-8,14H2/t9-,10+,11?/m1/s1. The van der Waals surface area contributed by atoms with E-state index >= 15 is 0 Å². The zero-order valence-corrected chi connectivity index (χ0v) is 10.7. The number of rotatable bonds is 2. The molecule has 0 aromatic carbocycles. The summed E-state index contributed by atoms with van der Waals surface area (Å²) in [5, 5.41) is 11.1. The van der Waals surface area contributed by atoms with Crippen molar-refractivity contribution in [3.8, 4) is 0 Å². The molecule has 3 rings (SSSR count). The molecule has 1 aromatic rings. The molecule has 2 fully saturated rings. The maximum absolute atomic E-state index is 11.1. The second-order valence-corrected chi connectivity index (χ2v) is 5.60. The van der Waals surface area contributed by atoms with Crippen molar-refractivity contribution in [3.05, 3.63) is 28.4 Å². The van der Waals surface area contributed by atoms with Crippen LogP contribution in [0.25, 0.3) is 0 Å². The van der Waals surface area contributed by atoms with Gasteiger partial charge in [0, 0.05) is 31.4 Å². The number of hydrogen-bond donors (Lipinski definition) is 1. The van der Waals surface area contributed by atoms with Crippen LogP contribution in [0.3, 0.4) is 0 Å². The number of nitrogens with zero attached hydrogens (tertiary/aromatic N) is 3. The summed E-state index contributed by atoms with van der Waals surface area (Å²) >= 11 is 0. The van der Waals surface area contributed by atoms with Crippen LogP contribution in [0.4, 0.5) is 11.5 Å². The lowest BCUT2D eigenvalue weighted by Crippen LogP contribution is -2.32. The summed E-state index contributed by atoms with van der Waals surface area (Å²) in [5.74, 6) is 1.68. The molecule has 1 saturated heterocycles. The minimum absolute atomic E-state index is 0.102. The Labute approximate surface area is 111 Å². The zero-order valence-electron chi connectivity index (χ0n) is 10.7. The molecule has 6 nitrogen and oxygen atoms in total. The van der Waals surface area contributed by atoms with E-state index in [1.165, 1.54) is 6.07 Å². The third-order valence-corrected chi connectivity index (χ3v) is 4.35. The highest BCUT2D eigenvalue weighted by molar-refractivity contribution is 5.58.